The summed E-state index contributed by atoms with van der Waals surface area (Å²) in [6.45, 7) is 0.0694. The number of phenols is 1. The van der Waals surface area contributed by atoms with E-state index in [2.05, 4.69) is 4.74 Å². The molecule has 1 aromatic rings. The summed E-state index contributed by atoms with van der Waals surface area (Å²) < 4.78 is 3.46. The number of carbonyl (C=O) groups is 1. The Morgan fingerprint density at radius 1 is 1.42 bits per heavy atom. The molecular weight excluding hydrogens is 158 g/mol. The number of ether oxygens (including phenoxy) is 1. The summed E-state index contributed by atoms with van der Waals surface area (Å²) in [6.07, 6.45) is 1.15. The van der Waals surface area contributed by atoms with E-state index in [1.54, 1.807) is 24.3 Å². The van der Waals surface area contributed by atoms with Crippen LogP contribution >= 0.6 is 0 Å². The summed E-state index contributed by atoms with van der Waals surface area (Å²) in [5.41, 5.74) is 0. The molecular formula is C8H7NO3. The molecule has 0 bridgehead atoms. The lowest BCUT2D eigenvalue weighted by molar-refractivity contribution is -0.122. The highest BCUT2D eigenvalue weighted by molar-refractivity contribution is 5.38. The average Bonchev–Trinajstić information content (AvgIpc) is 2.08. The first kappa shape index (κ1) is 9.98. The summed E-state index contributed by atoms with van der Waals surface area (Å²) in [7, 11) is 0. The largest absolute Gasteiger partial charge is 0.508 e. The molecule has 0 aliphatic heterocycles. The molecule has 0 fully saturated rings. The molecule has 12 heavy (non-hydrogen) atoms. The van der Waals surface area contributed by atoms with Crippen LogP contribution in [0.2, 0.25) is 0 Å². The number of benzene rings is 1. The van der Waals surface area contributed by atoms with Crippen LogP contribution in [0.25, 0.3) is 0 Å². The molecule has 62 valence electrons. The first-order valence-corrected chi connectivity index (χ1v) is 3.03. The lowest BCUT2D eigenvalue weighted by Crippen LogP contribution is -1.68. The summed E-state index contributed by atoms with van der Waals surface area (Å²) in [5.74, 6) is 0.322. The van der Waals surface area contributed by atoms with Crippen LogP contribution in [0.1, 0.15) is 0 Å². The van der Waals surface area contributed by atoms with Gasteiger partial charge in [-0.3, -0.25) is 4.79 Å². The Balaban J connectivity index is 0.000000217. The van der Waals surface area contributed by atoms with E-state index < -0.39 is 0 Å². The van der Waals surface area contributed by atoms with Crippen LogP contribution in [-0.4, -0.2) is 11.6 Å². The van der Waals surface area contributed by atoms with E-state index in [0.717, 1.165) is 6.26 Å². The van der Waals surface area contributed by atoms with Gasteiger partial charge in [0.05, 0.1) is 0 Å². The first-order chi connectivity index (χ1) is 5.81. The van der Waals surface area contributed by atoms with Crippen molar-refractivity contribution < 1.29 is 14.6 Å². The normalized spacial score (nSPS) is 6.92. The van der Waals surface area contributed by atoms with E-state index in [9.17, 15) is 0 Å². The second-order valence-electron chi connectivity index (χ2n) is 1.64. The molecule has 0 aliphatic carbocycles. The highest BCUT2D eigenvalue weighted by atomic mass is 16.5. The number of nitrogens with zero attached hydrogens (tertiary/aromatic N) is 1. The number of rotatable bonds is 1. The highest BCUT2D eigenvalue weighted by Crippen LogP contribution is 2.02. The van der Waals surface area contributed by atoms with Crippen molar-refractivity contribution in [2.45, 2.75) is 0 Å². The summed E-state index contributed by atoms with van der Waals surface area (Å²) >= 11 is 0. The fourth-order valence-electron chi connectivity index (χ4n) is 0.450. The molecule has 0 aliphatic rings. The van der Waals surface area contributed by atoms with E-state index in [1.165, 1.54) is 0 Å². The van der Waals surface area contributed by atoms with Crippen molar-refractivity contribution in [2.75, 3.05) is 0 Å². The smallest absolute Gasteiger partial charge is 0.309 e. The molecule has 1 aromatic carbocycles. The molecule has 0 radical (unpaired) electrons. The maximum atomic E-state index is 8.96. The molecule has 0 spiro atoms. The Kier molecular flexibility index (Phi) is 5.90. The van der Waals surface area contributed by atoms with Crippen LogP contribution in [0, 0.1) is 11.5 Å². The van der Waals surface area contributed by atoms with Gasteiger partial charge in [0.2, 0.25) is 0 Å². The van der Waals surface area contributed by atoms with E-state index in [-0.39, 0.29) is 6.47 Å². The lowest BCUT2D eigenvalue weighted by Gasteiger charge is -1.82. The fourth-order valence-corrected chi connectivity index (χ4v) is 0.450. The molecule has 0 amide bonds. The molecule has 0 atom stereocenters. The van der Waals surface area contributed by atoms with Crippen LogP contribution in [0.5, 0.6) is 5.75 Å². The van der Waals surface area contributed by atoms with Crippen LogP contribution in [0.15, 0.2) is 30.3 Å². The second-order valence-corrected chi connectivity index (χ2v) is 1.64. The Labute approximate surface area is 69.6 Å². The Bertz CT molecular complexity index is 253. The number of hydrogen-bond acceptors (Lipinski definition) is 4. The van der Waals surface area contributed by atoms with Crippen molar-refractivity contribution in [3.8, 4) is 12.0 Å². The lowest BCUT2D eigenvalue weighted by atomic mass is 10.3. The van der Waals surface area contributed by atoms with Gasteiger partial charge in [0.25, 0.3) is 6.26 Å². The molecule has 4 nitrogen and oxygen atoms in total. The molecule has 0 saturated heterocycles. The predicted octanol–water partition coefficient (Wildman–Crippen LogP) is 1.03. The van der Waals surface area contributed by atoms with Crippen molar-refractivity contribution in [2.24, 2.45) is 0 Å². The molecule has 4 heteroatoms. The van der Waals surface area contributed by atoms with Crippen molar-refractivity contribution >= 4 is 6.47 Å². The van der Waals surface area contributed by atoms with Gasteiger partial charge in [0.15, 0.2) is 0 Å². The zero-order chi connectivity index (χ0) is 9.23. The zero-order valence-electron chi connectivity index (χ0n) is 6.18. The quantitative estimate of drug-likeness (QED) is 0.498. The van der Waals surface area contributed by atoms with Gasteiger partial charge in [-0.25, -0.2) is 0 Å². The minimum Gasteiger partial charge on any atom is -0.508 e. The minimum atomic E-state index is 0.0694. The van der Waals surface area contributed by atoms with E-state index in [0.29, 0.717) is 5.75 Å². The fraction of sp³-hybridized carbons (Fsp3) is 0. The van der Waals surface area contributed by atoms with Gasteiger partial charge in [-0.1, -0.05) is 18.2 Å². The molecule has 0 aromatic heterocycles. The van der Waals surface area contributed by atoms with E-state index in [1.807, 2.05) is 6.07 Å². The summed E-state index contributed by atoms with van der Waals surface area (Å²) in [5, 5.41) is 16.0. The number of aromatic hydroxyl groups is 1. The maximum absolute atomic E-state index is 8.96. The van der Waals surface area contributed by atoms with Crippen molar-refractivity contribution in [1.82, 2.24) is 0 Å². The third-order valence-electron chi connectivity index (χ3n) is 0.857. The predicted molar refractivity (Wildman–Crippen MR) is 40.9 cm³/mol. The number of para-hydroxylation sites is 1. The van der Waals surface area contributed by atoms with Gasteiger partial charge >= 0.3 is 6.47 Å². The Morgan fingerprint density at radius 3 is 2.17 bits per heavy atom. The molecule has 0 heterocycles. The number of carbonyl (C=O) groups excluding carboxylic acids is 1. The second kappa shape index (κ2) is 7.09. The van der Waals surface area contributed by atoms with Crippen molar-refractivity contribution in [3.63, 3.8) is 0 Å². The topological polar surface area (TPSA) is 70.3 Å². The van der Waals surface area contributed by atoms with Gasteiger partial charge in [-0.15, -0.1) is 5.26 Å². The van der Waals surface area contributed by atoms with Gasteiger partial charge < -0.3 is 9.84 Å². The number of nitriles is 1. The van der Waals surface area contributed by atoms with Crippen LogP contribution < -0.4 is 0 Å². The third-order valence-corrected chi connectivity index (χ3v) is 0.857. The summed E-state index contributed by atoms with van der Waals surface area (Å²) in [6, 6.07) is 8.71. The van der Waals surface area contributed by atoms with Crippen LogP contribution in [-0.2, 0) is 9.53 Å². The molecule has 1 N–H and O–H groups in total. The van der Waals surface area contributed by atoms with Gasteiger partial charge in [0, 0.05) is 0 Å². The average molecular weight is 165 g/mol. The number of hydrogen-bond donors (Lipinski definition) is 1. The minimum absolute atomic E-state index is 0.0694. The third kappa shape index (κ3) is 6.11. The van der Waals surface area contributed by atoms with Gasteiger partial charge in [0.1, 0.15) is 5.75 Å². The van der Waals surface area contributed by atoms with E-state index in [4.69, 9.17) is 15.2 Å². The van der Waals surface area contributed by atoms with Crippen molar-refractivity contribution in [1.29, 1.82) is 5.26 Å². The molecule has 0 unspecified atom stereocenters. The van der Waals surface area contributed by atoms with Gasteiger partial charge in [-0.05, 0) is 12.1 Å². The van der Waals surface area contributed by atoms with Crippen molar-refractivity contribution in [3.05, 3.63) is 30.3 Å². The Hall–Kier alpha value is -2.02. The zero-order valence-corrected chi connectivity index (χ0v) is 6.18. The standard InChI is InChI=1S/C6H6O.C2HNO2/c7-6-4-2-1-3-5-6;3-1-5-2-4/h1-5,7H;2H. The number of phenolic OH excluding ortho intramolecular Hbond substituents is 1. The Morgan fingerprint density at radius 2 is 2.00 bits per heavy atom. The monoisotopic (exact) mass is 165 g/mol. The van der Waals surface area contributed by atoms with Gasteiger partial charge in [-0.2, -0.15) is 0 Å². The first-order valence-electron chi connectivity index (χ1n) is 3.03. The SMILES string of the molecule is N#COC=O.Oc1ccccc1. The molecule has 1 rings (SSSR count). The summed E-state index contributed by atoms with van der Waals surface area (Å²) in [4.78, 5) is 8.96. The highest BCUT2D eigenvalue weighted by Gasteiger charge is 1.74. The maximum Gasteiger partial charge on any atom is 0.309 e. The van der Waals surface area contributed by atoms with Crippen LogP contribution in [0.3, 0.4) is 0 Å². The van der Waals surface area contributed by atoms with E-state index >= 15 is 0 Å². The molecule has 0 saturated carbocycles. The van der Waals surface area contributed by atoms with Crippen LogP contribution in [0.4, 0.5) is 0 Å².